The monoisotopic (exact) mass is 404 g/mol. The van der Waals surface area contributed by atoms with Gasteiger partial charge in [-0.3, -0.25) is 19.6 Å². The molecule has 0 fully saturated rings. The van der Waals surface area contributed by atoms with Crippen molar-refractivity contribution in [1.29, 1.82) is 0 Å². The van der Waals surface area contributed by atoms with Crippen molar-refractivity contribution < 1.29 is 9.18 Å². The first-order chi connectivity index (χ1) is 14.7. The number of benzene rings is 2. The van der Waals surface area contributed by atoms with Crippen molar-refractivity contribution in [2.45, 2.75) is 25.9 Å². The number of hydrogen-bond donors (Lipinski definition) is 0. The molecule has 0 aromatic heterocycles. The first-order valence-electron chi connectivity index (χ1n) is 10.6. The van der Waals surface area contributed by atoms with E-state index < -0.39 is 0 Å². The molecule has 3 aliphatic rings. The third kappa shape index (κ3) is 3.63. The van der Waals surface area contributed by atoms with Crippen LogP contribution in [0, 0.1) is 5.82 Å². The zero-order chi connectivity index (χ0) is 20.5. The van der Waals surface area contributed by atoms with Gasteiger partial charge < -0.3 is 4.90 Å². The Labute approximate surface area is 176 Å². The zero-order valence-corrected chi connectivity index (χ0v) is 16.9. The van der Waals surface area contributed by atoms with Crippen molar-refractivity contribution in [3.63, 3.8) is 0 Å². The van der Waals surface area contributed by atoms with E-state index in [-0.39, 0.29) is 11.7 Å². The van der Waals surface area contributed by atoms with E-state index in [1.165, 1.54) is 6.07 Å². The van der Waals surface area contributed by atoms with E-state index in [2.05, 4.69) is 9.80 Å². The highest BCUT2D eigenvalue weighted by atomic mass is 19.1. The fourth-order valence-electron chi connectivity index (χ4n) is 4.57. The summed E-state index contributed by atoms with van der Waals surface area (Å²) in [7, 11) is 0. The molecule has 2 aromatic rings. The van der Waals surface area contributed by atoms with E-state index in [1.807, 2.05) is 41.3 Å². The van der Waals surface area contributed by atoms with Gasteiger partial charge in [-0.05, 0) is 29.7 Å². The van der Waals surface area contributed by atoms with Crippen molar-refractivity contribution >= 4 is 11.9 Å². The normalized spacial score (nSPS) is 19.5. The Morgan fingerprint density at radius 1 is 0.967 bits per heavy atom. The lowest BCUT2D eigenvalue weighted by Gasteiger charge is -2.45. The maximum Gasteiger partial charge on any atom is 0.259 e. The Morgan fingerprint density at radius 3 is 2.63 bits per heavy atom. The fourth-order valence-corrected chi connectivity index (χ4v) is 4.57. The van der Waals surface area contributed by atoms with Gasteiger partial charge in [-0.1, -0.05) is 42.5 Å². The molecule has 0 bridgehead atoms. The number of rotatable bonds is 4. The number of nitrogens with zero attached hydrogens (tertiary/aromatic N) is 4. The van der Waals surface area contributed by atoms with E-state index in [0.717, 1.165) is 60.8 Å². The number of aliphatic imine (C=N–C) groups is 1. The second kappa shape index (κ2) is 8.03. The Balaban J connectivity index is 1.42. The molecule has 30 heavy (non-hydrogen) atoms. The van der Waals surface area contributed by atoms with Gasteiger partial charge in [0, 0.05) is 44.8 Å². The molecular formula is C24H25FN4O. The van der Waals surface area contributed by atoms with Crippen LogP contribution in [0.4, 0.5) is 4.39 Å². The predicted molar refractivity (Wildman–Crippen MR) is 114 cm³/mol. The van der Waals surface area contributed by atoms with Crippen LogP contribution in [0.15, 0.2) is 70.9 Å². The summed E-state index contributed by atoms with van der Waals surface area (Å²) in [5.74, 6) is 0.628. The molecule has 6 heteroatoms. The summed E-state index contributed by atoms with van der Waals surface area (Å²) in [5, 5.41) is 0. The highest BCUT2D eigenvalue weighted by Crippen LogP contribution is 2.32. The molecule has 154 valence electrons. The quantitative estimate of drug-likeness (QED) is 0.784. The van der Waals surface area contributed by atoms with Gasteiger partial charge in [0.2, 0.25) is 5.96 Å². The van der Waals surface area contributed by atoms with E-state index >= 15 is 0 Å². The summed E-state index contributed by atoms with van der Waals surface area (Å²) < 4.78 is 13.6. The minimum absolute atomic E-state index is 0.0506. The average Bonchev–Trinajstić information content (AvgIpc) is 2.77. The van der Waals surface area contributed by atoms with Crippen molar-refractivity contribution in [3.8, 4) is 0 Å². The van der Waals surface area contributed by atoms with Crippen LogP contribution in [0.2, 0.25) is 0 Å². The first kappa shape index (κ1) is 19.0. The van der Waals surface area contributed by atoms with Crippen LogP contribution in [0.3, 0.4) is 0 Å². The summed E-state index contributed by atoms with van der Waals surface area (Å²) in [5.41, 5.74) is 4.01. The molecule has 3 heterocycles. The molecule has 0 N–H and O–H groups in total. The molecular weight excluding hydrogens is 379 g/mol. The van der Waals surface area contributed by atoms with Crippen LogP contribution in [0.1, 0.15) is 24.0 Å². The van der Waals surface area contributed by atoms with Gasteiger partial charge in [-0.2, -0.15) is 0 Å². The molecule has 5 rings (SSSR count). The van der Waals surface area contributed by atoms with Crippen LogP contribution in [0.5, 0.6) is 0 Å². The van der Waals surface area contributed by atoms with Crippen molar-refractivity contribution in [3.05, 3.63) is 82.8 Å². The maximum absolute atomic E-state index is 13.6. The van der Waals surface area contributed by atoms with Crippen molar-refractivity contribution in [1.82, 2.24) is 14.7 Å². The number of amides is 1. The lowest BCUT2D eigenvalue weighted by Crippen LogP contribution is -2.56. The molecule has 0 saturated carbocycles. The molecule has 0 atom stereocenters. The van der Waals surface area contributed by atoms with E-state index in [0.29, 0.717) is 19.6 Å². The molecule has 2 aromatic carbocycles. The molecule has 1 amide bonds. The molecule has 3 aliphatic heterocycles. The first-order valence-corrected chi connectivity index (χ1v) is 10.6. The largest absolute Gasteiger partial charge is 0.315 e. The van der Waals surface area contributed by atoms with E-state index in [1.54, 1.807) is 12.1 Å². The second-order valence-corrected chi connectivity index (χ2v) is 8.08. The van der Waals surface area contributed by atoms with Crippen molar-refractivity contribution in [2.24, 2.45) is 4.99 Å². The average molecular weight is 404 g/mol. The highest BCUT2D eigenvalue weighted by Gasteiger charge is 2.40. The molecule has 0 spiro atoms. The number of hydrogen-bond acceptors (Lipinski definition) is 4. The Hall–Kier alpha value is -2.99. The van der Waals surface area contributed by atoms with Gasteiger partial charge >= 0.3 is 0 Å². The number of fused-ring (bicyclic) bond motifs is 2. The van der Waals surface area contributed by atoms with Gasteiger partial charge in [0.1, 0.15) is 5.82 Å². The van der Waals surface area contributed by atoms with Crippen LogP contribution >= 0.6 is 0 Å². The maximum atomic E-state index is 13.6. The Kier molecular flexibility index (Phi) is 5.09. The third-order valence-corrected chi connectivity index (χ3v) is 5.98. The van der Waals surface area contributed by atoms with E-state index in [4.69, 9.17) is 4.99 Å². The number of guanidine groups is 1. The molecule has 0 aliphatic carbocycles. The minimum atomic E-state index is -0.221. The summed E-state index contributed by atoms with van der Waals surface area (Å²) in [4.78, 5) is 24.6. The van der Waals surface area contributed by atoms with Crippen LogP contribution in [-0.2, 0) is 17.9 Å². The van der Waals surface area contributed by atoms with Gasteiger partial charge in [0.15, 0.2) is 0 Å². The lowest BCUT2D eigenvalue weighted by molar-refractivity contribution is -0.125. The Morgan fingerprint density at radius 2 is 1.80 bits per heavy atom. The number of carbonyl (C=O) groups excluding carboxylic acids is 1. The summed E-state index contributed by atoms with van der Waals surface area (Å²) in [6.45, 7) is 4.26. The van der Waals surface area contributed by atoms with Gasteiger partial charge in [0.25, 0.3) is 5.91 Å². The minimum Gasteiger partial charge on any atom is -0.315 e. The van der Waals surface area contributed by atoms with Gasteiger partial charge in [0.05, 0.1) is 12.1 Å². The standard InChI is InChI=1S/C24H25FN4O/c25-20-9-4-8-19(14-20)15-27-13-10-22-21(17-27)23(30)29(16-18-6-2-1-3-7-18)24-26-11-5-12-28(22)24/h1-4,6-9,14H,5,10-13,15-17H2. The van der Waals surface area contributed by atoms with Crippen LogP contribution in [0.25, 0.3) is 0 Å². The third-order valence-electron chi connectivity index (χ3n) is 5.98. The van der Waals surface area contributed by atoms with Gasteiger partial charge in [-0.25, -0.2) is 4.39 Å². The Bertz CT molecular complexity index is 1020. The summed E-state index contributed by atoms with van der Waals surface area (Å²) in [6.07, 6.45) is 1.81. The number of carbonyl (C=O) groups is 1. The molecule has 0 unspecified atom stereocenters. The van der Waals surface area contributed by atoms with Crippen LogP contribution in [-0.4, -0.2) is 52.7 Å². The second-order valence-electron chi connectivity index (χ2n) is 8.08. The lowest BCUT2D eigenvalue weighted by atomic mass is 9.99. The SMILES string of the molecule is O=C1C2=C(CCN(Cc3cccc(F)c3)C2)N2CCCN=C2N1Cc1ccccc1. The molecule has 5 nitrogen and oxygen atoms in total. The van der Waals surface area contributed by atoms with E-state index in [9.17, 15) is 9.18 Å². The number of halogens is 1. The van der Waals surface area contributed by atoms with Crippen molar-refractivity contribution in [2.75, 3.05) is 26.2 Å². The fraction of sp³-hybridized carbons (Fsp3) is 0.333. The predicted octanol–water partition coefficient (Wildman–Crippen LogP) is 3.39. The van der Waals surface area contributed by atoms with Crippen LogP contribution < -0.4 is 0 Å². The zero-order valence-electron chi connectivity index (χ0n) is 16.9. The molecule has 0 radical (unpaired) electrons. The topological polar surface area (TPSA) is 39.2 Å². The smallest absolute Gasteiger partial charge is 0.259 e. The molecule has 0 saturated heterocycles. The highest BCUT2D eigenvalue weighted by molar-refractivity contribution is 6.09. The van der Waals surface area contributed by atoms with Gasteiger partial charge in [-0.15, -0.1) is 0 Å². The summed E-state index contributed by atoms with van der Waals surface area (Å²) >= 11 is 0. The summed E-state index contributed by atoms with van der Waals surface area (Å²) in [6, 6.07) is 16.8.